The van der Waals surface area contributed by atoms with Gasteiger partial charge in [0.15, 0.2) is 5.65 Å². The van der Waals surface area contributed by atoms with E-state index in [1.165, 1.54) is 25.3 Å². The number of nitrogens with zero attached hydrogens (tertiary/aromatic N) is 6. The number of halogens is 3. The Morgan fingerprint density at radius 1 is 1.29 bits per heavy atom. The third-order valence-corrected chi connectivity index (χ3v) is 5.92. The molecule has 1 saturated heterocycles. The molecular formula is C23H26F3N7O5. The monoisotopic (exact) mass is 537 g/mol. The average molecular weight is 537 g/mol. The van der Waals surface area contributed by atoms with Crippen LogP contribution in [0.5, 0.6) is 11.6 Å². The minimum Gasteiger partial charge on any atom is -0.494 e. The fraction of sp³-hybridized carbons (Fsp3) is 0.435. The van der Waals surface area contributed by atoms with Crippen LogP contribution in [-0.4, -0.2) is 94.0 Å². The molecule has 12 nitrogen and oxygen atoms in total. The fourth-order valence-electron chi connectivity index (χ4n) is 3.91. The van der Waals surface area contributed by atoms with Gasteiger partial charge in [-0.25, -0.2) is 19.6 Å². The number of ether oxygens (including phenoxy) is 3. The Balaban J connectivity index is 1.56. The Hall–Kier alpha value is -4.30. The van der Waals surface area contributed by atoms with Crippen molar-refractivity contribution in [1.82, 2.24) is 34.5 Å². The first-order chi connectivity index (χ1) is 18.1. The van der Waals surface area contributed by atoms with Gasteiger partial charge in [-0.15, -0.1) is 0 Å². The topological polar surface area (TPSA) is 123 Å². The van der Waals surface area contributed by atoms with Gasteiger partial charge < -0.3 is 33.7 Å². The summed E-state index contributed by atoms with van der Waals surface area (Å²) in [4.78, 5) is 39.6. The van der Waals surface area contributed by atoms with Crippen molar-refractivity contribution in [2.45, 2.75) is 25.7 Å². The molecule has 38 heavy (non-hydrogen) atoms. The van der Waals surface area contributed by atoms with E-state index in [2.05, 4.69) is 15.0 Å². The highest BCUT2D eigenvalue weighted by molar-refractivity contribution is 5.75. The lowest BCUT2D eigenvalue weighted by Crippen LogP contribution is -2.55. The normalized spacial score (nSPS) is 14.4. The molecule has 4 rings (SSSR count). The van der Waals surface area contributed by atoms with Crippen molar-refractivity contribution in [3.63, 3.8) is 0 Å². The lowest BCUT2D eigenvalue weighted by Gasteiger charge is -2.28. The molecule has 3 aromatic rings. The molecule has 0 aliphatic carbocycles. The molecule has 0 aromatic carbocycles. The number of amides is 3. The van der Waals surface area contributed by atoms with Crippen LogP contribution in [-0.2, 0) is 11.3 Å². The molecule has 1 unspecified atom stereocenters. The molecule has 0 spiro atoms. The Kier molecular flexibility index (Phi) is 7.73. The molecule has 0 bridgehead atoms. The Morgan fingerprint density at radius 3 is 2.71 bits per heavy atom. The maximum absolute atomic E-state index is 13.7. The number of carbonyl (C=O) groups excluding carboxylic acids is 2. The van der Waals surface area contributed by atoms with E-state index in [1.807, 2.05) is 5.32 Å². The van der Waals surface area contributed by atoms with Crippen molar-refractivity contribution in [1.29, 1.82) is 0 Å². The van der Waals surface area contributed by atoms with Gasteiger partial charge in [0.1, 0.15) is 18.4 Å². The molecule has 1 fully saturated rings. The Morgan fingerprint density at radius 2 is 2.08 bits per heavy atom. The number of cyclic esters (lactones) is 1. The summed E-state index contributed by atoms with van der Waals surface area (Å²) in [5.74, 6) is 0.674. The Bertz CT molecular complexity index is 1320. The van der Waals surface area contributed by atoms with Gasteiger partial charge in [0, 0.05) is 30.7 Å². The maximum atomic E-state index is 13.7. The minimum atomic E-state index is -4.78. The number of imidazole rings is 1. The summed E-state index contributed by atoms with van der Waals surface area (Å²) in [6, 6.07) is -1.59. The van der Waals surface area contributed by atoms with Gasteiger partial charge in [0.05, 0.1) is 51.4 Å². The van der Waals surface area contributed by atoms with Gasteiger partial charge >= 0.3 is 18.3 Å². The number of rotatable bonds is 9. The molecular weight excluding hydrogens is 511 g/mol. The van der Waals surface area contributed by atoms with E-state index in [4.69, 9.17) is 14.2 Å². The van der Waals surface area contributed by atoms with Gasteiger partial charge in [-0.1, -0.05) is 0 Å². The lowest BCUT2D eigenvalue weighted by molar-refractivity contribution is -0.155. The molecule has 0 radical (unpaired) electrons. The van der Waals surface area contributed by atoms with Crippen LogP contribution in [0.4, 0.5) is 22.8 Å². The molecule has 1 N–H and O–H groups in total. The van der Waals surface area contributed by atoms with Gasteiger partial charge in [0.2, 0.25) is 0 Å². The lowest BCUT2D eigenvalue weighted by atomic mass is 10.1. The van der Waals surface area contributed by atoms with E-state index in [1.54, 1.807) is 36.0 Å². The average Bonchev–Trinajstić information content (AvgIpc) is 3.54. The standard InChI is InChI=1S/C23H26F3N7O5/c1-4-31(21(34)30-18(23(24,25)26)13-33-7-8-38-22(33)35)11-14-9-15(17(36-2)10-28-14)16-12-32-6-5-27-19(32)20(29-16)37-3/h5-6,9-10,12,18H,4,7-8,11,13H2,1-3H3,(H,30,34). The van der Waals surface area contributed by atoms with Gasteiger partial charge in [-0.2, -0.15) is 13.2 Å². The summed E-state index contributed by atoms with van der Waals surface area (Å²) in [7, 11) is 2.93. The van der Waals surface area contributed by atoms with Crippen LogP contribution in [0, 0.1) is 0 Å². The molecule has 1 atom stereocenters. The highest BCUT2D eigenvalue weighted by Gasteiger charge is 2.44. The largest absolute Gasteiger partial charge is 0.494 e. The summed E-state index contributed by atoms with van der Waals surface area (Å²) in [6.45, 7) is 0.891. The summed E-state index contributed by atoms with van der Waals surface area (Å²) in [6.07, 6.45) is 0.848. The number of hydrogen-bond donors (Lipinski definition) is 1. The van der Waals surface area contributed by atoms with E-state index >= 15 is 0 Å². The number of hydrogen-bond acceptors (Lipinski definition) is 8. The number of fused-ring (bicyclic) bond motifs is 1. The first kappa shape index (κ1) is 26.8. The number of nitrogens with one attached hydrogen (secondary N) is 1. The third kappa shape index (κ3) is 5.65. The van der Waals surface area contributed by atoms with E-state index in [9.17, 15) is 22.8 Å². The summed E-state index contributed by atoms with van der Waals surface area (Å²) in [5, 5.41) is 2.00. The molecule has 15 heteroatoms. The van der Waals surface area contributed by atoms with Crippen LogP contribution in [0.15, 0.2) is 30.9 Å². The highest BCUT2D eigenvalue weighted by atomic mass is 19.4. The van der Waals surface area contributed by atoms with E-state index in [0.717, 1.165) is 4.90 Å². The van der Waals surface area contributed by atoms with Gasteiger partial charge in [-0.3, -0.25) is 4.98 Å². The molecule has 1 aliphatic rings. The quantitative estimate of drug-likeness (QED) is 0.442. The van der Waals surface area contributed by atoms with Crippen LogP contribution in [0.1, 0.15) is 12.6 Å². The molecule has 1 aliphatic heterocycles. The number of carbonyl (C=O) groups is 2. The zero-order valence-electron chi connectivity index (χ0n) is 20.9. The third-order valence-electron chi connectivity index (χ3n) is 5.92. The molecule has 3 amide bonds. The zero-order chi connectivity index (χ0) is 27.4. The fourth-order valence-corrected chi connectivity index (χ4v) is 3.91. The Labute approximate surface area is 215 Å². The predicted octanol–water partition coefficient (Wildman–Crippen LogP) is 2.72. The number of pyridine rings is 1. The van der Waals surface area contributed by atoms with Gasteiger partial charge in [0.25, 0.3) is 5.88 Å². The smallest absolute Gasteiger partial charge is 0.410 e. The molecule has 204 valence electrons. The van der Waals surface area contributed by atoms with Crippen LogP contribution < -0.4 is 14.8 Å². The van der Waals surface area contributed by atoms with Crippen LogP contribution >= 0.6 is 0 Å². The number of urea groups is 1. The van der Waals surface area contributed by atoms with Crippen molar-refractivity contribution < 1.29 is 37.0 Å². The summed E-state index contributed by atoms with van der Waals surface area (Å²) < 4.78 is 58.2. The van der Waals surface area contributed by atoms with Crippen molar-refractivity contribution in [3.8, 4) is 22.9 Å². The molecule has 0 saturated carbocycles. The molecule has 4 heterocycles. The first-order valence-corrected chi connectivity index (χ1v) is 11.6. The molecule has 3 aromatic heterocycles. The van der Waals surface area contributed by atoms with Crippen molar-refractivity contribution in [3.05, 3.63) is 36.5 Å². The number of alkyl halides is 3. The van der Waals surface area contributed by atoms with E-state index in [-0.39, 0.29) is 32.1 Å². The number of aromatic nitrogens is 4. The first-order valence-electron chi connectivity index (χ1n) is 11.6. The van der Waals surface area contributed by atoms with E-state index < -0.39 is 30.9 Å². The highest BCUT2D eigenvalue weighted by Crippen LogP contribution is 2.31. The zero-order valence-corrected chi connectivity index (χ0v) is 20.9. The summed E-state index contributed by atoms with van der Waals surface area (Å²) in [5.41, 5.74) is 1.90. The second kappa shape index (κ2) is 11.0. The predicted molar refractivity (Wildman–Crippen MR) is 127 cm³/mol. The summed E-state index contributed by atoms with van der Waals surface area (Å²) >= 11 is 0. The van der Waals surface area contributed by atoms with Gasteiger partial charge in [-0.05, 0) is 13.0 Å². The van der Waals surface area contributed by atoms with Crippen molar-refractivity contribution in [2.24, 2.45) is 0 Å². The van der Waals surface area contributed by atoms with Crippen LogP contribution in [0.2, 0.25) is 0 Å². The minimum absolute atomic E-state index is 0.00156. The van der Waals surface area contributed by atoms with Crippen molar-refractivity contribution >= 4 is 17.8 Å². The second-order valence-electron chi connectivity index (χ2n) is 8.29. The number of methoxy groups -OCH3 is 2. The second-order valence-corrected chi connectivity index (χ2v) is 8.29. The van der Waals surface area contributed by atoms with E-state index in [0.29, 0.717) is 28.3 Å². The van der Waals surface area contributed by atoms with Crippen molar-refractivity contribution in [2.75, 3.05) is 40.5 Å². The maximum Gasteiger partial charge on any atom is 0.410 e. The van der Waals surface area contributed by atoms with Crippen LogP contribution in [0.25, 0.3) is 16.9 Å². The van der Waals surface area contributed by atoms with Crippen LogP contribution in [0.3, 0.4) is 0 Å². The SMILES string of the molecule is CCN(Cc1cc(-c2cn3ccnc3c(OC)n2)c(OC)cn1)C(=O)NC(CN1CCOC1=O)C(F)(F)F.